The summed E-state index contributed by atoms with van der Waals surface area (Å²) in [6.07, 6.45) is 6.70. The maximum Gasteiger partial charge on any atom is 0.116 e. The summed E-state index contributed by atoms with van der Waals surface area (Å²) in [5, 5.41) is 11.8. The van der Waals surface area contributed by atoms with E-state index < -0.39 is 0 Å². The van der Waals surface area contributed by atoms with E-state index >= 15 is 0 Å². The van der Waals surface area contributed by atoms with Crippen molar-refractivity contribution < 1.29 is 5.11 Å². The van der Waals surface area contributed by atoms with Gasteiger partial charge in [-0.15, -0.1) is 0 Å². The number of benzene rings is 2. The molecule has 0 radical (unpaired) electrons. The zero-order valence-electron chi connectivity index (χ0n) is 14.6. The van der Waals surface area contributed by atoms with Gasteiger partial charge in [0.2, 0.25) is 0 Å². The molecule has 0 aliphatic rings. The topological polar surface area (TPSA) is 41.3 Å². The first kappa shape index (κ1) is 16.5. The highest BCUT2D eigenvalue weighted by Crippen LogP contribution is 2.22. The molecule has 1 unspecified atom stereocenters. The van der Waals surface area contributed by atoms with Crippen molar-refractivity contribution in [3.8, 4) is 5.75 Å². The molecular formula is C20H25N3O. The van der Waals surface area contributed by atoms with Gasteiger partial charge in [0.1, 0.15) is 5.75 Å². The Labute approximate surface area is 143 Å². The van der Waals surface area contributed by atoms with Crippen molar-refractivity contribution in [2.75, 3.05) is 7.05 Å². The van der Waals surface area contributed by atoms with E-state index in [9.17, 15) is 5.11 Å². The van der Waals surface area contributed by atoms with Crippen LogP contribution >= 0.6 is 0 Å². The van der Waals surface area contributed by atoms with Gasteiger partial charge in [-0.3, -0.25) is 4.90 Å². The van der Waals surface area contributed by atoms with Crippen molar-refractivity contribution in [2.24, 2.45) is 0 Å². The lowest BCUT2D eigenvalue weighted by molar-refractivity contribution is 0.175. The van der Waals surface area contributed by atoms with Gasteiger partial charge in [0.05, 0.1) is 6.33 Å². The number of imidazole rings is 1. The third-order valence-corrected chi connectivity index (χ3v) is 4.73. The Morgan fingerprint density at radius 2 is 1.88 bits per heavy atom. The van der Waals surface area contributed by atoms with Crippen molar-refractivity contribution in [1.29, 1.82) is 0 Å². The van der Waals surface area contributed by atoms with Crippen LogP contribution in [0.1, 0.15) is 19.4 Å². The van der Waals surface area contributed by atoms with Crippen LogP contribution in [0.25, 0.3) is 10.8 Å². The van der Waals surface area contributed by atoms with Crippen LogP contribution in [0.3, 0.4) is 0 Å². The third kappa shape index (κ3) is 3.77. The first-order valence-electron chi connectivity index (χ1n) is 8.42. The first-order valence-corrected chi connectivity index (χ1v) is 8.42. The second-order valence-electron chi connectivity index (χ2n) is 6.74. The Morgan fingerprint density at radius 1 is 1.12 bits per heavy atom. The second kappa shape index (κ2) is 7.05. The van der Waals surface area contributed by atoms with Gasteiger partial charge in [0, 0.05) is 31.0 Å². The minimum absolute atomic E-state index is 0.313. The molecule has 0 saturated heterocycles. The number of hydrogen-bond acceptors (Lipinski definition) is 3. The number of hydrogen-bond donors (Lipinski definition) is 1. The molecule has 1 N–H and O–H groups in total. The highest BCUT2D eigenvalue weighted by atomic mass is 16.3. The predicted octanol–water partition coefficient (Wildman–Crippen LogP) is 3.69. The minimum Gasteiger partial charge on any atom is -0.508 e. The first-order chi connectivity index (χ1) is 11.5. The predicted molar refractivity (Wildman–Crippen MR) is 98.2 cm³/mol. The zero-order valence-corrected chi connectivity index (χ0v) is 14.6. The summed E-state index contributed by atoms with van der Waals surface area (Å²) in [5.74, 6) is 0.313. The quantitative estimate of drug-likeness (QED) is 0.752. The van der Waals surface area contributed by atoms with Crippen LogP contribution in [-0.4, -0.2) is 38.7 Å². The van der Waals surface area contributed by atoms with Gasteiger partial charge in [-0.2, -0.15) is 0 Å². The van der Waals surface area contributed by atoms with E-state index in [-0.39, 0.29) is 0 Å². The normalized spacial score (nSPS) is 13.0. The third-order valence-electron chi connectivity index (χ3n) is 4.73. The molecule has 4 heteroatoms. The number of rotatable bonds is 6. The molecule has 4 nitrogen and oxygen atoms in total. The maximum absolute atomic E-state index is 9.61. The molecule has 0 bridgehead atoms. The molecule has 126 valence electrons. The second-order valence-corrected chi connectivity index (χ2v) is 6.74. The van der Waals surface area contributed by atoms with E-state index in [1.54, 1.807) is 6.07 Å². The molecule has 1 aromatic heterocycles. The summed E-state index contributed by atoms with van der Waals surface area (Å²) in [4.78, 5) is 6.57. The molecule has 0 aliphatic heterocycles. The fraction of sp³-hybridized carbons (Fsp3) is 0.350. The standard InChI is InChI=1S/C20H25N3O/c1-15(2)22(3)19(13-23-9-8-21-14-23)11-16-4-5-18-12-20(24)7-6-17(18)10-16/h4-10,12,14-15,19,24H,11,13H2,1-3H3. The van der Waals surface area contributed by atoms with E-state index in [1.165, 1.54) is 10.9 Å². The Kier molecular flexibility index (Phi) is 4.86. The van der Waals surface area contributed by atoms with Crippen molar-refractivity contribution in [1.82, 2.24) is 14.5 Å². The number of likely N-dealkylation sites (N-methyl/N-ethyl adjacent to an activating group) is 1. The van der Waals surface area contributed by atoms with Gasteiger partial charge in [-0.05, 0) is 55.8 Å². The van der Waals surface area contributed by atoms with Crippen LogP contribution in [-0.2, 0) is 13.0 Å². The molecule has 0 spiro atoms. The number of phenolic OH excluding ortho intramolecular Hbond substituents is 1. The summed E-state index contributed by atoms with van der Waals surface area (Å²) in [6, 6.07) is 12.9. The van der Waals surface area contributed by atoms with Crippen LogP contribution in [0, 0.1) is 0 Å². The molecular weight excluding hydrogens is 298 g/mol. The number of phenols is 1. The Bertz CT molecular complexity index is 796. The maximum atomic E-state index is 9.61. The Balaban J connectivity index is 1.84. The molecule has 0 aliphatic carbocycles. The highest BCUT2D eigenvalue weighted by Gasteiger charge is 2.18. The van der Waals surface area contributed by atoms with Crippen LogP contribution in [0.5, 0.6) is 5.75 Å². The molecule has 0 amide bonds. The summed E-state index contributed by atoms with van der Waals surface area (Å²) in [5.41, 5.74) is 1.31. The summed E-state index contributed by atoms with van der Waals surface area (Å²) in [7, 11) is 2.19. The monoisotopic (exact) mass is 323 g/mol. The smallest absolute Gasteiger partial charge is 0.116 e. The molecule has 24 heavy (non-hydrogen) atoms. The molecule has 3 rings (SSSR count). The lowest BCUT2D eigenvalue weighted by atomic mass is 10.00. The lowest BCUT2D eigenvalue weighted by Gasteiger charge is -2.32. The number of aromatic nitrogens is 2. The van der Waals surface area contributed by atoms with Crippen LogP contribution in [0.15, 0.2) is 55.1 Å². The number of aromatic hydroxyl groups is 1. The Morgan fingerprint density at radius 3 is 2.58 bits per heavy atom. The summed E-state index contributed by atoms with van der Waals surface area (Å²) < 4.78 is 2.14. The zero-order chi connectivity index (χ0) is 17.1. The van der Waals surface area contributed by atoms with E-state index in [0.29, 0.717) is 17.8 Å². The SMILES string of the molecule is CC(C)N(C)C(Cc1ccc2cc(O)ccc2c1)Cn1ccnc1. The fourth-order valence-corrected chi connectivity index (χ4v) is 3.08. The molecule has 3 aromatic rings. The number of fused-ring (bicyclic) bond motifs is 1. The van der Waals surface area contributed by atoms with Crippen molar-refractivity contribution >= 4 is 10.8 Å². The molecule has 1 atom stereocenters. The largest absolute Gasteiger partial charge is 0.508 e. The van der Waals surface area contributed by atoms with E-state index in [0.717, 1.165) is 18.4 Å². The van der Waals surface area contributed by atoms with Gasteiger partial charge in [0.15, 0.2) is 0 Å². The Hall–Kier alpha value is -2.33. The van der Waals surface area contributed by atoms with Gasteiger partial charge < -0.3 is 9.67 Å². The lowest BCUT2D eigenvalue weighted by Crippen LogP contribution is -2.41. The van der Waals surface area contributed by atoms with E-state index in [4.69, 9.17) is 0 Å². The highest BCUT2D eigenvalue weighted by molar-refractivity contribution is 5.84. The van der Waals surface area contributed by atoms with Crippen molar-refractivity contribution in [2.45, 2.75) is 38.9 Å². The van der Waals surface area contributed by atoms with E-state index in [1.807, 2.05) is 30.9 Å². The van der Waals surface area contributed by atoms with Crippen LogP contribution in [0.2, 0.25) is 0 Å². The molecule has 0 fully saturated rings. The van der Waals surface area contributed by atoms with Gasteiger partial charge in [-0.25, -0.2) is 4.98 Å². The molecule has 1 heterocycles. The van der Waals surface area contributed by atoms with Crippen molar-refractivity contribution in [3.05, 3.63) is 60.7 Å². The van der Waals surface area contributed by atoms with Crippen LogP contribution in [0.4, 0.5) is 0 Å². The van der Waals surface area contributed by atoms with Gasteiger partial charge in [-0.1, -0.05) is 24.3 Å². The average Bonchev–Trinajstić information content (AvgIpc) is 3.06. The average molecular weight is 323 g/mol. The van der Waals surface area contributed by atoms with Crippen LogP contribution < -0.4 is 0 Å². The van der Waals surface area contributed by atoms with Crippen molar-refractivity contribution in [3.63, 3.8) is 0 Å². The van der Waals surface area contributed by atoms with Gasteiger partial charge >= 0.3 is 0 Å². The minimum atomic E-state index is 0.313. The number of nitrogens with zero attached hydrogens (tertiary/aromatic N) is 3. The summed E-state index contributed by atoms with van der Waals surface area (Å²) >= 11 is 0. The summed E-state index contributed by atoms with van der Waals surface area (Å²) in [6.45, 7) is 5.37. The van der Waals surface area contributed by atoms with E-state index in [2.05, 4.69) is 53.5 Å². The van der Waals surface area contributed by atoms with Gasteiger partial charge in [0.25, 0.3) is 0 Å². The molecule has 0 saturated carbocycles. The molecule has 2 aromatic carbocycles. The fourth-order valence-electron chi connectivity index (χ4n) is 3.08.